The molecule has 1 fully saturated rings. The summed E-state index contributed by atoms with van der Waals surface area (Å²) >= 11 is 6.26. The molecule has 1 unspecified atom stereocenters. The number of hydrogen-bond acceptors (Lipinski definition) is 5. The van der Waals surface area contributed by atoms with Gasteiger partial charge in [0.1, 0.15) is 0 Å². The van der Waals surface area contributed by atoms with Gasteiger partial charge in [0, 0.05) is 38.4 Å². The smallest absolute Gasteiger partial charge is 0.230 e. The molecule has 0 aromatic carbocycles. The van der Waals surface area contributed by atoms with Gasteiger partial charge in [0.15, 0.2) is 14.1 Å². The van der Waals surface area contributed by atoms with Crippen LogP contribution in [-0.4, -0.2) is 58.2 Å². The summed E-state index contributed by atoms with van der Waals surface area (Å²) in [5.41, 5.74) is 0.918. The number of anilines is 2. The van der Waals surface area contributed by atoms with E-state index in [2.05, 4.69) is 43.7 Å². The predicted molar refractivity (Wildman–Crippen MR) is 116 cm³/mol. The van der Waals surface area contributed by atoms with Crippen LogP contribution in [0.2, 0.25) is 23.2 Å². The number of hydrogen-bond donors (Lipinski definition) is 0. The Labute approximate surface area is 174 Å². The summed E-state index contributed by atoms with van der Waals surface area (Å²) in [5, 5.41) is 0.716. The van der Waals surface area contributed by atoms with E-state index in [4.69, 9.17) is 20.8 Å². The highest BCUT2D eigenvalue weighted by Gasteiger charge is 2.38. The zero-order valence-corrected chi connectivity index (χ0v) is 19.4. The van der Waals surface area contributed by atoms with E-state index >= 15 is 0 Å². The molecule has 0 spiro atoms. The van der Waals surface area contributed by atoms with Gasteiger partial charge in [0.2, 0.25) is 5.91 Å². The molecule has 28 heavy (non-hydrogen) atoms. The highest BCUT2D eigenvalue weighted by atomic mass is 35.5. The van der Waals surface area contributed by atoms with Gasteiger partial charge >= 0.3 is 0 Å². The Morgan fingerprint density at radius 1 is 1.36 bits per heavy atom. The van der Waals surface area contributed by atoms with Crippen molar-refractivity contribution >= 4 is 37.3 Å². The highest BCUT2D eigenvalue weighted by Crippen LogP contribution is 2.38. The molecule has 0 saturated carbocycles. The maximum absolute atomic E-state index is 13.1. The third-order valence-corrected chi connectivity index (χ3v) is 10.9. The molecule has 8 heteroatoms. The average molecular weight is 426 g/mol. The number of ether oxygens (including phenoxy) is 1. The summed E-state index contributed by atoms with van der Waals surface area (Å²) in [6.45, 7) is 14.2. The molecule has 3 rings (SSSR count). The quantitative estimate of drug-likeness (QED) is 0.680. The Bertz CT molecular complexity index is 723. The molecule has 0 bridgehead atoms. The summed E-state index contributed by atoms with van der Waals surface area (Å²) in [6, 6.07) is 2.03. The first-order valence-electron chi connectivity index (χ1n) is 10.0. The van der Waals surface area contributed by atoms with E-state index in [0.29, 0.717) is 43.6 Å². The topological polar surface area (TPSA) is 54.9 Å². The van der Waals surface area contributed by atoms with Gasteiger partial charge in [0.25, 0.3) is 0 Å². The maximum atomic E-state index is 13.1. The van der Waals surface area contributed by atoms with E-state index in [1.807, 2.05) is 6.07 Å². The number of aromatic nitrogens is 1. The lowest BCUT2D eigenvalue weighted by Crippen LogP contribution is -2.44. The van der Waals surface area contributed by atoms with E-state index in [1.54, 1.807) is 11.1 Å². The molecule has 156 valence electrons. The van der Waals surface area contributed by atoms with Crippen LogP contribution in [0.15, 0.2) is 12.3 Å². The van der Waals surface area contributed by atoms with Crippen molar-refractivity contribution in [2.24, 2.45) is 0 Å². The van der Waals surface area contributed by atoms with Crippen LogP contribution in [0.5, 0.6) is 0 Å². The van der Waals surface area contributed by atoms with Crippen LogP contribution >= 0.6 is 11.6 Å². The van der Waals surface area contributed by atoms with Gasteiger partial charge in [-0.1, -0.05) is 32.4 Å². The minimum atomic E-state index is -1.87. The summed E-state index contributed by atoms with van der Waals surface area (Å²) in [7, 11) is -1.87. The fraction of sp³-hybridized carbons (Fsp3) is 0.700. The molecule has 0 radical (unpaired) electrons. The lowest BCUT2D eigenvalue weighted by molar-refractivity contribution is -0.119. The van der Waals surface area contributed by atoms with Crippen molar-refractivity contribution in [3.63, 3.8) is 0 Å². The van der Waals surface area contributed by atoms with Gasteiger partial charge in [-0.25, -0.2) is 4.98 Å². The van der Waals surface area contributed by atoms with Crippen LogP contribution < -0.4 is 9.80 Å². The largest absolute Gasteiger partial charge is 0.415 e. The molecule has 6 nitrogen and oxygen atoms in total. The Kier molecular flexibility index (Phi) is 6.39. The number of carbonyl (C=O) groups is 1. The molecule has 3 heterocycles. The van der Waals surface area contributed by atoms with Crippen molar-refractivity contribution in [1.29, 1.82) is 0 Å². The minimum Gasteiger partial charge on any atom is -0.415 e. The molecule has 2 aliphatic rings. The van der Waals surface area contributed by atoms with Crippen molar-refractivity contribution in [3.8, 4) is 0 Å². The number of pyridine rings is 1. The third-order valence-electron chi connectivity index (χ3n) is 6.19. The van der Waals surface area contributed by atoms with Gasteiger partial charge in [-0.2, -0.15) is 0 Å². The Balaban J connectivity index is 1.85. The van der Waals surface area contributed by atoms with Crippen molar-refractivity contribution in [1.82, 2.24) is 4.98 Å². The molecule has 1 saturated heterocycles. The molecule has 0 N–H and O–H groups in total. The number of amides is 1. The van der Waals surface area contributed by atoms with E-state index in [9.17, 15) is 4.79 Å². The summed E-state index contributed by atoms with van der Waals surface area (Å²) in [5.74, 6) is 0.766. The van der Waals surface area contributed by atoms with Crippen molar-refractivity contribution in [2.45, 2.75) is 57.8 Å². The first kappa shape index (κ1) is 21.6. The van der Waals surface area contributed by atoms with Crippen LogP contribution in [0.25, 0.3) is 0 Å². The second-order valence-electron chi connectivity index (χ2n) is 9.10. The van der Waals surface area contributed by atoms with Crippen LogP contribution in [0.3, 0.4) is 0 Å². The lowest BCUT2D eigenvalue weighted by atomic mass is 10.1. The Morgan fingerprint density at radius 3 is 2.82 bits per heavy atom. The lowest BCUT2D eigenvalue weighted by Gasteiger charge is -2.36. The van der Waals surface area contributed by atoms with Gasteiger partial charge in [-0.3, -0.25) is 9.69 Å². The third kappa shape index (κ3) is 4.53. The fourth-order valence-corrected chi connectivity index (χ4v) is 4.65. The second-order valence-corrected chi connectivity index (χ2v) is 14.3. The molecular weight excluding hydrogens is 394 g/mol. The van der Waals surface area contributed by atoms with E-state index in [0.717, 1.165) is 18.7 Å². The van der Waals surface area contributed by atoms with Crippen molar-refractivity contribution < 1.29 is 14.0 Å². The summed E-state index contributed by atoms with van der Waals surface area (Å²) in [4.78, 5) is 21.7. The monoisotopic (exact) mass is 425 g/mol. The average Bonchev–Trinajstić information content (AvgIpc) is 2.87. The van der Waals surface area contributed by atoms with Gasteiger partial charge in [-0.15, -0.1) is 0 Å². The number of carbonyl (C=O) groups excluding carboxylic acids is 1. The number of halogens is 1. The predicted octanol–water partition coefficient (Wildman–Crippen LogP) is 4.09. The fourth-order valence-electron chi connectivity index (χ4n) is 3.46. The number of nitrogens with zero attached hydrogens (tertiary/aromatic N) is 3. The molecule has 1 atom stereocenters. The van der Waals surface area contributed by atoms with Crippen molar-refractivity contribution in [2.75, 3.05) is 42.7 Å². The Hall–Kier alpha value is -1.15. The maximum Gasteiger partial charge on any atom is 0.230 e. The van der Waals surface area contributed by atoms with Crippen molar-refractivity contribution in [3.05, 3.63) is 17.3 Å². The summed E-state index contributed by atoms with van der Waals surface area (Å²) in [6.07, 6.45) is 2.90. The minimum absolute atomic E-state index is 0.0873. The van der Waals surface area contributed by atoms with Gasteiger partial charge < -0.3 is 14.1 Å². The molecule has 1 aromatic heterocycles. The molecule has 2 aliphatic heterocycles. The standard InChI is InChI=1S/C20H32ClN3O3Si/c1-20(2,3)28(4,5)27-11-8-24-18(25)13-16-6-9-26-10-7-23(16)17-12-15(21)14-22-19(17)24/h12,14,16H,6-11,13H2,1-5H3. The van der Waals surface area contributed by atoms with Gasteiger partial charge in [-0.05, 0) is 30.6 Å². The molecule has 1 amide bonds. The van der Waals surface area contributed by atoms with E-state index in [-0.39, 0.29) is 17.0 Å². The van der Waals surface area contributed by atoms with E-state index in [1.165, 1.54) is 0 Å². The normalized spacial score (nSPS) is 21.1. The first-order valence-corrected chi connectivity index (χ1v) is 13.3. The zero-order chi connectivity index (χ0) is 20.5. The molecule has 0 aliphatic carbocycles. The number of rotatable bonds is 4. The zero-order valence-electron chi connectivity index (χ0n) is 17.6. The Morgan fingerprint density at radius 2 is 2.11 bits per heavy atom. The molecular formula is C20H32ClN3O3Si. The SMILES string of the molecule is CC(C)(C)[Si](C)(C)OCCN1C(=O)CC2CCOCCN2c2cc(Cl)cnc21. The highest BCUT2D eigenvalue weighted by molar-refractivity contribution is 6.74. The first-order chi connectivity index (χ1) is 13.1. The van der Waals surface area contributed by atoms with Crippen LogP contribution in [0.4, 0.5) is 11.5 Å². The number of fused-ring (bicyclic) bond motifs is 3. The van der Waals surface area contributed by atoms with Gasteiger partial charge in [0.05, 0.1) is 23.9 Å². The summed E-state index contributed by atoms with van der Waals surface area (Å²) < 4.78 is 12.0. The van der Waals surface area contributed by atoms with Crippen LogP contribution in [0, 0.1) is 0 Å². The van der Waals surface area contributed by atoms with Crippen LogP contribution in [0.1, 0.15) is 33.6 Å². The van der Waals surface area contributed by atoms with E-state index < -0.39 is 8.32 Å². The van der Waals surface area contributed by atoms with Crippen LogP contribution in [-0.2, 0) is 14.0 Å². The second kappa shape index (κ2) is 8.30. The molecule has 1 aromatic rings.